The van der Waals surface area contributed by atoms with Gasteiger partial charge in [-0.2, -0.15) is 0 Å². The van der Waals surface area contributed by atoms with Crippen LogP contribution in [-0.2, 0) is 14.6 Å². The smallest absolute Gasteiger partial charge is 0.335 e. The van der Waals surface area contributed by atoms with Gasteiger partial charge in [0.1, 0.15) is 5.75 Å². The van der Waals surface area contributed by atoms with Crippen molar-refractivity contribution in [1.29, 1.82) is 0 Å². The molecule has 0 aromatic heterocycles. The Morgan fingerprint density at radius 3 is 2.57 bits per heavy atom. The lowest BCUT2D eigenvalue weighted by Gasteiger charge is -2.17. The molecule has 0 spiro atoms. The van der Waals surface area contributed by atoms with Crippen LogP contribution in [0.2, 0.25) is 0 Å². The molecule has 1 aromatic rings. The Balaban J connectivity index is 2.24. The Labute approximate surface area is 134 Å². The number of carboxylic acid groups (broad SMARTS) is 1. The highest BCUT2D eigenvalue weighted by molar-refractivity contribution is 7.91. The standard InChI is InChI=1S/C15H19NO6S/c1-9(2)22-13-4-3-10(15(18)19)7-12(13)16-14(17)11-5-6-23(20,21)8-11/h3-4,7,9,11H,5-6,8H2,1-2H3,(H,16,17)(H,18,19). The fourth-order valence-corrected chi connectivity index (χ4v) is 4.10. The SMILES string of the molecule is CC(C)Oc1ccc(C(=O)O)cc1NC(=O)C1CCS(=O)(=O)C1. The number of ether oxygens (including phenoxy) is 1. The number of amides is 1. The largest absolute Gasteiger partial charge is 0.489 e. The van der Waals surface area contributed by atoms with E-state index in [4.69, 9.17) is 9.84 Å². The van der Waals surface area contributed by atoms with Crippen LogP contribution in [-0.4, -0.2) is 43.0 Å². The number of rotatable bonds is 5. The maximum Gasteiger partial charge on any atom is 0.335 e. The van der Waals surface area contributed by atoms with Gasteiger partial charge in [-0.05, 0) is 38.5 Å². The third kappa shape index (κ3) is 4.44. The molecule has 0 radical (unpaired) electrons. The summed E-state index contributed by atoms with van der Waals surface area (Å²) in [6.45, 7) is 3.61. The molecule has 1 heterocycles. The van der Waals surface area contributed by atoms with Crippen LogP contribution >= 0.6 is 0 Å². The second-order valence-electron chi connectivity index (χ2n) is 5.77. The summed E-state index contributed by atoms with van der Waals surface area (Å²) in [6, 6.07) is 4.17. The summed E-state index contributed by atoms with van der Waals surface area (Å²) in [6.07, 6.45) is 0.112. The van der Waals surface area contributed by atoms with E-state index in [0.29, 0.717) is 5.75 Å². The molecule has 0 bridgehead atoms. The molecule has 2 rings (SSSR count). The Morgan fingerprint density at radius 1 is 1.35 bits per heavy atom. The minimum absolute atomic E-state index is 0.00436. The second kappa shape index (κ2) is 6.57. The maximum absolute atomic E-state index is 12.2. The summed E-state index contributed by atoms with van der Waals surface area (Å²) in [4.78, 5) is 23.3. The van der Waals surface area contributed by atoms with Gasteiger partial charge in [-0.25, -0.2) is 13.2 Å². The maximum atomic E-state index is 12.2. The molecule has 1 fully saturated rings. The summed E-state index contributed by atoms with van der Waals surface area (Å²) in [5.41, 5.74) is 0.239. The van der Waals surface area contributed by atoms with Gasteiger partial charge < -0.3 is 15.2 Å². The highest BCUT2D eigenvalue weighted by Gasteiger charge is 2.33. The van der Waals surface area contributed by atoms with Gasteiger partial charge in [-0.3, -0.25) is 4.79 Å². The van der Waals surface area contributed by atoms with Crippen molar-refractivity contribution in [1.82, 2.24) is 0 Å². The van der Waals surface area contributed by atoms with Gasteiger partial charge in [0.25, 0.3) is 0 Å². The first-order valence-electron chi connectivity index (χ1n) is 7.23. The number of hydrogen-bond donors (Lipinski definition) is 2. The number of carbonyl (C=O) groups excluding carboxylic acids is 1. The summed E-state index contributed by atoms with van der Waals surface area (Å²) >= 11 is 0. The first kappa shape index (κ1) is 17.3. The van der Waals surface area contributed by atoms with Crippen LogP contribution in [0.25, 0.3) is 0 Å². The summed E-state index contributed by atoms with van der Waals surface area (Å²) in [5.74, 6) is -2.03. The minimum atomic E-state index is -3.17. The molecule has 1 aliphatic heterocycles. The van der Waals surface area contributed by atoms with E-state index in [1.54, 1.807) is 13.8 Å². The monoisotopic (exact) mass is 341 g/mol. The van der Waals surface area contributed by atoms with Crippen molar-refractivity contribution in [3.05, 3.63) is 23.8 Å². The molecule has 23 heavy (non-hydrogen) atoms. The number of anilines is 1. The number of hydrogen-bond acceptors (Lipinski definition) is 5. The molecule has 126 valence electrons. The molecule has 0 saturated carbocycles. The van der Waals surface area contributed by atoms with Crippen molar-refractivity contribution >= 4 is 27.4 Å². The van der Waals surface area contributed by atoms with E-state index in [9.17, 15) is 18.0 Å². The van der Waals surface area contributed by atoms with Crippen molar-refractivity contribution in [3.63, 3.8) is 0 Å². The predicted octanol–water partition coefficient (Wildman–Crippen LogP) is 1.55. The second-order valence-corrected chi connectivity index (χ2v) is 8.00. The molecule has 7 nitrogen and oxygen atoms in total. The molecule has 1 aromatic carbocycles. The molecule has 1 amide bonds. The van der Waals surface area contributed by atoms with Gasteiger partial charge in [0.2, 0.25) is 5.91 Å². The van der Waals surface area contributed by atoms with Crippen LogP contribution in [0.1, 0.15) is 30.6 Å². The van der Waals surface area contributed by atoms with Crippen LogP contribution in [0.3, 0.4) is 0 Å². The normalized spacial score (nSPS) is 19.5. The van der Waals surface area contributed by atoms with Crippen molar-refractivity contribution in [2.45, 2.75) is 26.4 Å². The molecule has 2 N–H and O–H groups in total. The number of benzene rings is 1. The van der Waals surface area contributed by atoms with Gasteiger partial charge in [0.15, 0.2) is 9.84 Å². The summed E-state index contributed by atoms with van der Waals surface area (Å²) < 4.78 is 28.5. The number of sulfone groups is 1. The average molecular weight is 341 g/mol. The van der Waals surface area contributed by atoms with Crippen molar-refractivity contribution < 1.29 is 27.9 Å². The predicted molar refractivity (Wildman–Crippen MR) is 84.6 cm³/mol. The number of aromatic carboxylic acids is 1. The van der Waals surface area contributed by atoms with Crippen LogP contribution < -0.4 is 10.1 Å². The van der Waals surface area contributed by atoms with Crippen LogP contribution in [0.15, 0.2) is 18.2 Å². The first-order valence-corrected chi connectivity index (χ1v) is 9.05. The quantitative estimate of drug-likeness (QED) is 0.841. The molecular formula is C15H19NO6S. The zero-order chi connectivity index (χ0) is 17.2. The van der Waals surface area contributed by atoms with Crippen molar-refractivity contribution in [3.8, 4) is 5.75 Å². The number of carbonyl (C=O) groups is 2. The molecule has 1 saturated heterocycles. The topological polar surface area (TPSA) is 110 Å². The Bertz CT molecular complexity index is 725. The lowest BCUT2D eigenvalue weighted by molar-refractivity contribution is -0.119. The van der Waals surface area contributed by atoms with Gasteiger partial charge in [-0.15, -0.1) is 0 Å². The Morgan fingerprint density at radius 2 is 2.04 bits per heavy atom. The molecular weight excluding hydrogens is 322 g/mol. The number of nitrogens with one attached hydrogen (secondary N) is 1. The Kier molecular flexibility index (Phi) is 4.93. The third-order valence-electron chi connectivity index (χ3n) is 3.45. The molecule has 1 unspecified atom stereocenters. The van der Waals surface area contributed by atoms with E-state index in [0.717, 1.165) is 0 Å². The average Bonchev–Trinajstić information content (AvgIpc) is 2.80. The lowest BCUT2D eigenvalue weighted by atomic mass is 10.1. The Hall–Kier alpha value is -2.09. The molecule has 0 aliphatic carbocycles. The summed E-state index contributed by atoms with van der Waals surface area (Å²) in [7, 11) is -3.17. The van der Waals surface area contributed by atoms with E-state index >= 15 is 0 Å². The van der Waals surface area contributed by atoms with Crippen LogP contribution in [0, 0.1) is 5.92 Å². The van der Waals surface area contributed by atoms with E-state index in [1.165, 1.54) is 18.2 Å². The highest BCUT2D eigenvalue weighted by atomic mass is 32.2. The van der Waals surface area contributed by atoms with Crippen LogP contribution in [0.5, 0.6) is 5.75 Å². The van der Waals surface area contributed by atoms with Gasteiger partial charge >= 0.3 is 5.97 Å². The summed E-state index contributed by atoms with van der Waals surface area (Å²) in [5, 5.41) is 11.7. The molecule has 1 aliphatic rings. The van der Waals surface area contributed by atoms with Gasteiger partial charge in [0.05, 0.1) is 34.8 Å². The molecule has 1 atom stereocenters. The fourth-order valence-electron chi connectivity index (χ4n) is 2.35. The van der Waals surface area contributed by atoms with E-state index in [-0.39, 0.29) is 35.3 Å². The van der Waals surface area contributed by atoms with E-state index in [1.807, 2.05) is 0 Å². The van der Waals surface area contributed by atoms with Gasteiger partial charge in [-0.1, -0.05) is 0 Å². The number of carboxylic acids is 1. The van der Waals surface area contributed by atoms with E-state index < -0.39 is 27.6 Å². The first-order chi connectivity index (χ1) is 10.7. The zero-order valence-corrected chi connectivity index (χ0v) is 13.7. The lowest BCUT2D eigenvalue weighted by Crippen LogP contribution is -2.24. The highest BCUT2D eigenvalue weighted by Crippen LogP contribution is 2.29. The molecule has 8 heteroatoms. The van der Waals surface area contributed by atoms with Crippen LogP contribution in [0.4, 0.5) is 5.69 Å². The van der Waals surface area contributed by atoms with Crippen molar-refractivity contribution in [2.75, 3.05) is 16.8 Å². The zero-order valence-electron chi connectivity index (χ0n) is 12.9. The van der Waals surface area contributed by atoms with E-state index in [2.05, 4.69) is 5.32 Å². The van der Waals surface area contributed by atoms with Crippen molar-refractivity contribution in [2.24, 2.45) is 5.92 Å². The minimum Gasteiger partial charge on any atom is -0.489 e. The fraction of sp³-hybridized carbons (Fsp3) is 0.467. The third-order valence-corrected chi connectivity index (χ3v) is 5.22. The van der Waals surface area contributed by atoms with Gasteiger partial charge in [0, 0.05) is 0 Å².